The Morgan fingerprint density at radius 2 is 1.35 bits per heavy atom. The molecule has 184 valence electrons. The highest BCUT2D eigenvalue weighted by Crippen LogP contribution is 2.15. The van der Waals surface area contributed by atoms with Crippen molar-refractivity contribution in [2.75, 3.05) is 58.7 Å². The van der Waals surface area contributed by atoms with Gasteiger partial charge in [0.15, 0.2) is 0 Å². The number of hydrogen-bond donors (Lipinski definition) is 1. The molecule has 2 saturated heterocycles. The number of rotatable bonds is 2. The summed E-state index contributed by atoms with van der Waals surface area (Å²) < 4.78 is 0. The molecule has 2 aliphatic heterocycles. The molecule has 2 aromatic rings. The van der Waals surface area contributed by atoms with Crippen molar-refractivity contribution in [3.8, 4) is 0 Å². The van der Waals surface area contributed by atoms with Gasteiger partial charge in [0, 0.05) is 31.9 Å². The van der Waals surface area contributed by atoms with E-state index in [4.69, 9.17) is 0 Å². The van der Waals surface area contributed by atoms with Crippen LogP contribution in [0.5, 0.6) is 0 Å². The number of aliphatic imine (C=N–C) groups is 1. The maximum atomic E-state index is 12.0. The number of aryl methyl sites for hydroxylation is 2. The van der Waals surface area contributed by atoms with Crippen molar-refractivity contribution in [3.63, 3.8) is 0 Å². The van der Waals surface area contributed by atoms with Crippen molar-refractivity contribution < 1.29 is 9.59 Å². The zero-order valence-corrected chi connectivity index (χ0v) is 21.1. The number of carbonyl (C=O) groups is 1. The summed E-state index contributed by atoms with van der Waals surface area (Å²) in [5.41, 5.74) is 3.68. The van der Waals surface area contributed by atoms with E-state index in [9.17, 15) is 9.59 Å². The number of para-hydroxylation sites is 2. The van der Waals surface area contributed by atoms with Gasteiger partial charge in [-0.05, 0) is 77.1 Å². The molecule has 7 heteroatoms. The number of urea groups is 1. The van der Waals surface area contributed by atoms with Crippen molar-refractivity contribution >= 4 is 23.5 Å². The number of amides is 2. The van der Waals surface area contributed by atoms with Crippen molar-refractivity contribution in [1.82, 2.24) is 14.7 Å². The lowest BCUT2D eigenvalue weighted by atomic mass is 10.1. The second-order valence-electron chi connectivity index (χ2n) is 8.89. The third kappa shape index (κ3) is 9.87. The summed E-state index contributed by atoms with van der Waals surface area (Å²) in [6.45, 7) is 10.0. The van der Waals surface area contributed by atoms with Crippen molar-refractivity contribution in [2.24, 2.45) is 4.99 Å². The lowest BCUT2D eigenvalue weighted by molar-refractivity contribution is 0.164. The molecule has 4 rings (SSSR count). The van der Waals surface area contributed by atoms with Crippen LogP contribution in [0.1, 0.15) is 30.4 Å². The van der Waals surface area contributed by atoms with Crippen LogP contribution in [0.3, 0.4) is 0 Å². The van der Waals surface area contributed by atoms with Gasteiger partial charge in [-0.3, -0.25) is 0 Å². The molecular formula is C27H39N5O2. The van der Waals surface area contributed by atoms with E-state index in [0.29, 0.717) is 5.69 Å². The molecule has 0 unspecified atom stereocenters. The summed E-state index contributed by atoms with van der Waals surface area (Å²) in [6, 6.07) is 15.3. The van der Waals surface area contributed by atoms with Gasteiger partial charge in [-0.25, -0.2) is 9.59 Å². The standard InChI is InChI=1S/C13H19N3O.C8H7NO.C6H13N/c1-11-5-3-4-6-12(11)14-13(17)16-9-7-15(2)8-10-16;1-7-4-2-3-5-8(7)9-6-10;1-7-5-3-2-4-6-7/h3-6H,7-10H2,1-2H3,(H,14,17);2-5H,1H3;2-6H2,1H3. The van der Waals surface area contributed by atoms with Gasteiger partial charge in [0.1, 0.15) is 0 Å². The Hall–Kier alpha value is -2.99. The monoisotopic (exact) mass is 465 g/mol. The van der Waals surface area contributed by atoms with E-state index < -0.39 is 0 Å². The Labute approximate surface area is 204 Å². The molecule has 0 bridgehead atoms. The summed E-state index contributed by atoms with van der Waals surface area (Å²) in [4.78, 5) is 31.9. The van der Waals surface area contributed by atoms with Gasteiger partial charge in [-0.15, -0.1) is 0 Å². The number of piperazine rings is 1. The van der Waals surface area contributed by atoms with Crippen molar-refractivity contribution in [3.05, 3.63) is 59.7 Å². The van der Waals surface area contributed by atoms with Crippen LogP contribution in [0.2, 0.25) is 0 Å². The van der Waals surface area contributed by atoms with Crippen LogP contribution in [0.4, 0.5) is 16.2 Å². The molecule has 2 fully saturated rings. The molecule has 0 aromatic heterocycles. The zero-order chi connectivity index (χ0) is 24.8. The lowest BCUT2D eigenvalue weighted by Crippen LogP contribution is -2.48. The van der Waals surface area contributed by atoms with Crippen LogP contribution in [-0.4, -0.2) is 80.2 Å². The van der Waals surface area contributed by atoms with Gasteiger partial charge in [-0.2, -0.15) is 4.99 Å². The fourth-order valence-electron chi connectivity index (χ4n) is 3.71. The molecule has 0 saturated carbocycles. The molecule has 0 radical (unpaired) electrons. The van der Waals surface area contributed by atoms with Gasteiger partial charge in [-0.1, -0.05) is 42.8 Å². The number of likely N-dealkylation sites (N-methyl/N-ethyl adjacent to an activating group) is 1. The molecule has 7 nitrogen and oxygen atoms in total. The normalized spacial score (nSPS) is 16.2. The second-order valence-corrected chi connectivity index (χ2v) is 8.89. The third-order valence-electron chi connectivity index (χ3n) is 6.04. The number of likely N-dealkylation sites (tertiary alicyclic amines) is 1. The quantitative estimate of drug-likeness (QED) is 0.509. The number of hydrogen-bond acceptors (Lipinski definition) is 5. The predicted octanol–water partition coefficient (Wildman–Crippen LogP) is 4.84. The molecular weight excluding hydrogens is 426 g/mol. The van der Waals surface area contributed by atoms with Crippen LogP contribution in [0.25, 0.3) is 0 Å². The van der Waals surface area contributed by atoms with E-state index in [0.717, 1.165) is 43.0 Å². The maximum absolute atomic E-state index is 12.0. The third-order valence-corrected chi connectivity index (χ3v) is 6.04. The number of benzene rings is 2. The van der Waals surface area contributed by atoms with E-state index in [1.807, 2.05) is 61.2 Å². The number of piperidine rings is 1. The first-order chi connectivity index (χ1) is 16.4. The first kappa shape index (κ1) is 27.3. The smallest absolute Gasteiger partial charge is 0.321 e. The minimum atomic E-state index is 0.00685. The van der Waals surface area contributed by atoms with Crippen LogP contribution >= 0.6 is 0 Å². The summed E-state index contributed by atoms with van der Waals surface area (Å²) in [5, 5.41) is 2.96. The number of carbonyl (C=O) groups excluding carboxylic acids is 2. The highest BCUT2D eigenvalue weighted by Gasteiger charge is 2.19. The highest BCUT2D eigenvalue weighted by molar-refractivity contribution is 5.90. The second kappa shape index (κ2) is 15.0. The van der Waals surface area contributed by atoms with E-state index in [2.05, 4.69) is 34.2 Å². The summed E-state index contributed by atoms with van der Waals surface area (Å²) >= 11 is 0. The van der Waals surface area contributed by atoms with Gasteiger partial charge in [0.25, 0.3) is 0 Å². The molecule has 1 N–H and O–H groups in total. The van der Waals surface area contributed by atoms with Gasteiger partial charge in [0.05, 0.1) is 5.69 Å². The molecule has 2 heterocycles. The molecule has 0 spiro atoms. The van der Waals surface area contributed by atoms with E-state index in [-0.39, 0.29) is 6.03 Å². The van der Waals surface area contributed by atoms with Crippen LogP contribution in [0.15, 0.2) is 53.5 Å². The fourth-order valence-corrected chi connectivity index (χ4v) is 3.71. The summed E-state index contributed by atoms with van der Waals surface area (Å²) in [7, 11) is 4.27. The Morgan fingerprint density at radius 3 is 1.88 bits per heavy atom. The number of anilines is 1. The van der Waals surface area contributed by atoms with Crippen LogP contribution < -0.4 is 5.32 Å². The summed E-state index contributed by atoms with van der Waals surface area (Å²) in [5.74, 6) is 0. The molecule has 2 aromatic carbocycles. The first-order valence-electron chi connectivity index (χ1n) is 12.0. The Morgan fingerprint density at radius 1 is 0.794 bits per heavy atom. The molecule has 2 amide bonds. The van der Waals surface area contributed by atoms with E-state index in [1.165, 1.54) is 38.4 Å². The SMILES string of the molecule is CN1CCCCC1.Cc1ccccc1N=C=O.Cc1ccccc1NC(=O)N1CCN(C)CC1. The molecule has 2 aliphatic rings. The average molecular weight is 466 g/mol. The maximum Gasteiger partial charge on any atom is 0.321 e. The predicted molar refractivity (Wildman–Crippen MR) is 140 cm³/mol. The largest absolute Gasteiger partial charge is 0.322 e. The Kier molecular flexibility index (Phi) is 12.0. The minimum Gasteiger partial charge on any atom is -0.322 e. The Balaban J connectivity index is 0.000000202. The van der Waals surface area contributed by atoms with Gasteiger partial charge < -0.3 is 20.0 Å². The summed E-state index contributed by atoms with van der Waals surface area (Å²) in [6.07, 6.45) is 5.77. The zero-order valence-electron chi connectivity index (χ0n) is 21.1. The number of nitrogens with one attached hydrogen (secondary N) is 1. The van der Waals surface area contributed by atoms with Gasteiger partial charge in [0.2, 0.25) is 6.08 Å². The lowest BCUT2D eigenvalue weighted by Gasteiger charge is -2.32. The van der Waals surface area contributed by atoms with Crippen molar-refractivity contribution in [1.29, 1.82) is 0 Å². The molecule has 34 heavy (non-hydrogen) atoms. The molecule has 0 aliphatic carbocycles. The van der Waals surface area contributed by atoms with Gasteiger partial charge >= 0.3 is 6.03 Å². The van der Waals surface area contributed by atoms with Crippen LogP contribution in [0, 0.1) is 13.8 Å². The van der Waals surface area contributed by atoms with E-state index in [1.54, 1.807) is 6.07 Å². The Bertz CT molecular complexity index is 928. The van der Waals surface area contributed by atoms with Crippen molar-refractivity contribution in [2.45, 2.75) is 33.1 Å². The number of nitrogens with zero attached hydrogens (tertiary/aromatic N) is 4. The highest BCUT2D eigenvalue weighted by atomic mass is 16.2. The first-order valence-corrected chi connectivity index (χ1v) is 12.0. The fraction of sp³-hybridized carbons (Fsp3) is 0.481. The topological polar surface area (TPSA) is 68.2 Å². The van der Waals surface area contributed by atoms with Crippen LogP contribution in [-0.2, 0) is 4.79 Å². The number of isocyanates is 1. The average Bonchev–Trinajstić information content (AvgIpc) is 2.84. The molecule has 0 atom stereocenters. The van der Waals surface area contributed by atoms with E-state index >= 15 is 0 Å². The minimum absolute atomic E-state index is 0.00685.